The van der Waals surface area contributed by atoms with Gasteiger partial charge >= 0.3 is 6.09 Å². The molecule has 1 aromatic carbocycles. The first kappa shape index (κ1) is 15.7. The van der Waals surface area contributed by atoms with Gasteiger partial charge < -0.3 is 15.0 Å². The lowest BCUT2D eigenvalue weighted by Crippen LogP contribution is -2.32. The van der Waals surface area contributed by atoms with Gasteiger partial charge in [-0.3, -0.25) is 9.69 Å². The van der Waals surface area contributed by atoms with Crippen molar-refractivity contribution in [1.82, 2.24) is 5.32 Å². The van der Waals surface area contributed by atoms with Crippen LogP contribution in [0.25, 0.3) is 0 Å². The number of carbonyl (C=O) groups excluding carboxylic acids is 2. The van der Waals surface area contributed by atoms with Crippen LogP contribution in [0.1, 0.15) is 19.4 Å². The highest BCUT2D eigenvalue weighted by atomic mass is 32.1. The summed E-state index contributed by atoms with van der Waals surface area (Å²) in [5, 5.41) is 3.02. The van der Waals surface area contributed by atoms with E-state index in [1.54, 1.807) is 16.7 Å². The number of benzene rings is 1. The zero-order valence-corrected chi connectivity index (χ0v) is 13.9. The molecule has 2 heterocycles. The van der Waals surface area contributed by atoms with Gasteiger partial charge in [-0.15, -0.1) is 0 Å². The maximum Gasteiger partial charge on any atom is 0.414 e. The number of cyclic esters (lactones) is 1. The Morgan fingerprint density at radius 3 is 3.00 bits per heavy atom. The summed E-state index contributed by atoms with van der Waals surface area (Å²) in [4.78, 5) is 27.3. The molecule has 122 valence electrons. The lowest BCUT2D eigenvalue weighted by Gasteiger charge is -2.17. The Bertz CT molecular complexity index is 664. The van der Waals surface area contributed by atoms with Crippen LogP contribution in [0.15, 0.2) is 18.2 Å². The number of fused-ring (bicyclic) bond motifs is 1. The van der Waals surface area contributed by atoms with Crippen molar-refractivity contribution in [3.8, 4) is 0 Å². The Morgan fingerprint density at radius 2 is 2.30 bits per heavy atom. The van der Waals surface area contributed by atoms with E-state index in [9.17, 15) is 9.59 Å². The van der Waals surface area contributed by atoms with Crippen LogP contribution in [0, 0.1) is 0 Å². The smallest absolute Gasteiger partial charge is 0.414 e. The maximum absolute atomic E-state index is 12.1. The second kappa shape index (κ2) is 6.16. The molecule has 2 aliphatic heterocycles. The second-order valence-corrected chi connectivity index (χ2v) is 6.54. The molecule has 0 saturated carbocycles. The number of hydrogen-bond acceptors (Lipinski definition) is 4. The van der Waals surface area contributed by atoms with Crippen molar-refractivity contribution in [1.29, 1.82) is 0 Å². The Hall–Kier alpha value is -2.15. The highest BCUT2D eigenvalue weighted by molar-refractivity contribution is 7.80. The van der Waals surface area contributed by atoms with Crippen LogP contribution in [0.5, 0.6) is 0 Å². The number of ether oxygens (including phenoxy) is 1. The van der Waals surface area contributed by atoms with Gasteiger partial charge in [0.05, 0.1) is 18.1 Å². The van der Waals surface area contributed by atoms with E-state index in [-0.39, 0.29) is 18.2 Å². The van der Waals surface area contributed by atoms with Gasteiger partial charge in [0.2, 0.25) is 6.41 Å². The summed E-state index contributed by atoms with van der Waals surface area (Å²) >= 11 is 4.97. The molecule has 23 heavy (non-hydrogen) atoms. The largest absolute Gasteiger partial charge is 0.442 e. The topological polar surface area (TPSA) is 61.9 Å². The van der Waals surface area contributed by atoms with E-state index in [0.717, 1.165) is 29.8 Å². The molecule has 3 rings (SSSR count). The first-order valence-corrected chi connectivity index (χ1v) is 7.99. The van der Waals surface area contributed by atoms with Crippen molar-refractivity contribution in [2.24, 2.45) is 0 Å². The van der Waals surface area contributed by atoms with Crippen molar-refractivity contribution in [2.45, 2.75) is 32.4 Å². The van der Waals surface area contributed by atoms with Crippen LogP contribution in [0.4, 0.5) is 16.2 Å². The van der Waals surface area contributed by atoms with Crippen molar-refractivity contribution in [2.75, 3.05) is 22.9 Å². The van der Waals surface area contributed by atoms with E-state index in [2.05, 4.69) is 5.32 Å². The highest BCUT2D eigenvalue weighted by Gasteiger charge is 2.33. The van der Waals surface area contributed by atoms with Crippen LogP contribution in [0.2, 0.25) is 0 Å². The fourth-order valence-electron chi connectivity index (χ4n) is 3.07. The third-order valence-corrected chi connectivity index (χ3v) is 4.35. The Morgan fingerprint density at radius 1 is 1.52 bits per heavy atom. The van der Waals surface area contributed by atoms with Crippen molar-refractivity contribution in [3.05, 3.63) is 23.8 Å². The quantitative estimate of drug-likeness (QED) is 0.673. The number of thiocarbonyl (C=S) groups is 1. The van der Waals surface area contributed by atoms with Crippen molar-refractivity contribution >= 4 is 41.1 Å². The average molecular weight is 333 g/mol. The summed E-state index contributed by atoms with van der Waals surface area (Å²) in [6.45, 7) is 4.80. The molecule has 2 atom stereocenters. The number of nitrogens with one attached hydrogen (secondary N) is 1. The maximum atomic E-state index is 12.1. The van der Waals surface area contributed by atoms with Gasteiger partial charge in [0.1, 0.15) is 6.10 Å². The Balaban J connectivity index is 1.76. The zero-order valence-electron chi connectivity index (χ0n) is 13.1. The van der Waals surface area contributed by atoms with E-state index in [0.29, 0.717) is 18.1 Å². The number of carbonyl (C=O) groups is 2. The van der Waals surface area contributed by atoms with Gasteiger partial charge in [0, 0.05) is 17.4 Å². The first-order chi connectivity index (χ1) is 11.0. The molecular formula is C16H19N3O3S. The Labute approximate surface area is 140 Å². The van der Waals surface area contributed by atoms with Gasteiger partial charge in [0.15, 0.2) is 0 Å². The molecule has 7 heteroatoms. The molecule has 0 aromatic heterocycles. The van der Waals surface area contributed by atoms with Gasteiger partial charge in [-0.1, -0.05) is 12.2 Å². The van der Waals surface area contributed by atoms with Gasteiger partial charge in [-0.2, -0.15) is 0 Å². The minimum atomic E-state index is -0.350. The molecule has 1 saturated heterocycles. The van der Waals surface area contributed by atoms with Crippen molar-refractivity contribution in [3.63, 3.8) is 0 Å². The molecular weight excluding hydrogens is 314 g/mol. The van der Waals surface area contributed by atoms with E-state index in [1.807, 2.05) is 25.1 Å². The molecule has 2 amide bonds. The molecule has 6 nitrogen and oxygen atoms in total. The summed E-state index contributed by atoms with van der Waals surface area (Å²) in [5.74, 6) is 0. The highest BCUT2D eigenvalue weighted by Crippen LogP contribution is 2.35. The molecule has 0 aliphatic carbocycles. The van der Waals surface area contributed by atoms with Crippen LogP contribution in [-0.2, 0) is 16.0 Å². The predicted octanol–water partition coefficient (Wildman–Crippen LogP) is 1.86. The number of hydrogen-bond donors (Lipinski definition) is 1. The summed E-state index contributed by atoms with van der Waals surface area (Å²) < 4.78 is 5.36. The molecule has 1 aromatic rings. The molecule has 0 radical (unpaired) electrons. The molecule has 1 unspecified atom stereocenters. The third kappa shape index (κ3) is 3.01. The number of nitrogens with zero attached hydrogens (tertiary/aromatic N) is 2. The van der Waals surface area contributed by atoms with E-state index in [4.69, 9.17) is 17.0 Å². The van der Waals surface area contributed by atoms with E-state index in [1.165, 1.54) is 0 Å². The normalized spacial score (nSPS) is 22.8. The average Bonchev–Trinajstić information content (AvgIpc) is 3.03. The summed E-state index contributed by atoms with van der Waals surface area (Å²) in [7, 11) is 0. The van der Waals surface area contributed by atoms with Crippen LogP contribution in [-0.4, -0.2) is 42.7 Å². The van der Waals surface area contributed by atoms with Crippen molar-refractivity contribution < 1.29 is 14.3 Å². The third-order valence-electron chi connectivity index (χ3n) is 4.21. The van der Waals surface area contributed by atoms with E-state index < -0.39 is 0 Å². The van der Waals surface area contributed by atoms with Crippen LogP contribution < -0.4 is 15.1 Å². The minimum Gasteiger partial charge on any atom is -0.442 e. The molecule has 0 bridgehead atoms. The standard InChI is InChI=1S/C16H19N3O3S/c1-10-5-12-6-13(3-4-15(12)19(10)9-20)18-8-14(22-16(18)21)7-17-11(2)23/h3-4,6,9-10,14H,5,7-8H2,1-2H3,(H,17,23)/t10?,14-/m0/s1. The van der Waals surface area contributed by atoms with Crippen LogP contribution >= 0.6 is 12.2 Å². The lowest BCUT2D eigenvalue weighted by atomic mass is 10.1. The SMILES string of the molecule is CC(=S)NC[C@H]1CN(c2ccc3c(c2)CC(C)N3C=O)C(=O)O1. The van der Waals surface area contributed by atoms with Crippen LogP contribution in [0.3, 0.4) is 0 Å². The summed E-state index contributed by atoms with van der Waals surface area (Å²) in [6, 6.07) is 5.86. The van der Waals surface area contributed by atoms with Gasteiger partial charge in [-0.05, 0) is 44.0 Å². The van der Waals surface area contributed by atoms with Gasteiger partial charge in [0.25, 0.3) is 0 Å². The molecule has 2 aliphatic rings. The summed E-state index contributed by atoms with van der Waals surface area (Å²) in [6.07, 6.45) is 1.08. The second-order valence-electron chi connectivity index (χ2n) is 5.93. The fraction of sp³-hybridized carbons (Fsp3) is 0.438. The number of amides is 2. The first-order valence-electron chi connectivity index (χ1n) is 7.58. The molecule has 0 spiro atoms. The molecule has 1 fully saturated rings. The minimum absolute atomic E-state index is 0.144. The zero-order chi connectivity index (χ0) is 16.6. The summed E-state index contributed by atoms with van der Waals surface area (Å²) in [5.41, 5.74) is 2.79. The van der Waals surface area contributed by atoms with E-state index >= 15 is 0 Å². The fourth-order valence-corrected chi connectivity index (χ4v) is 3.15. The van der Waals surface area contributed by atoms with Gasteiger partial charge in [-0.25, -0.2) is 4.79 Å². The number of rotatable bonds is 4. The monoisotopic (exact) mass is 333 g/mol. The Kier molecular flexibility index (Phi) is 4.21. The molecule has 1 N–H and O–H groups in total. The number of anilines is 2. The lowest BCUT2D eigenvalue weighted by molar-refractivity contribution is -0.107. The predicted molar refractivity (Wildman–Crippen MR) is 92.0 cm³/mol.